The molecular weight excluding hydrogens is 232 g/mol. The highest BCUT2D eigenvalue weighted by Crippen LogP contribution is 2.41. The molecule has 1 saturated heterocycles. The van der Waals surface area contributed by atoms with E-state index in [1.54, 1.807) is 14.2 Å². The Morgan fingerprint density at radius 2 is 2.17 bits per heavy atom. The van der Waals surface area contributed by atoms with Crippen LogP contribution in [0.15, 0.2) is 30.9 Å². The maximum absolute atomic E-state index is 5.61. The van der Waals surface area contributed by atoms with Crippen molar-refractivity contribution in [3.63, 3.8) is 0 Å². The lowest BCUT2D eigenvalue weighted by Gasteiger charge is -2.10. The van der Waals surface area contributed by atoms with Crippen molar-refractivity contribution in [3.8, 4) is 11.5 Å². The Morgan fingerprint density at radius 3 is 2.78 bits per heavy atom. The van der Waals surface area contributed by atoms with Gasteiger partial charge in [-0.05, 0) is 24.1 Å². The molecule has 2 rings (SSSR count). The van der Waals surface area contributed by atoms with Crippen LogP contribution in [-0.4, -0.2) is 27.1 Å². The standard InChI is InChI=1S/C14H18O4/c1-4-5-8-17-11-7-6-10(9-12(11)15-2)13-14(16-3)18-13/h4,6-7,9,13-14H,1,5,8H2,2-3H3. The first-order chi connectivity index (χ1) is 8.80. The van der Waals surface area contributed by atoms with Crippen molar-refractivity contribution in [2.75, 3.05) is 20.8 Å². The second-order valence-electron chi connectivity index (χ2n) is 4.00. The summed E-state index contributed by atoms with van der Waals surface area (Å²) in [5.41, 5.74) is 1.04. The largest absolute Gasteiger partial charge is 0.493 e. The van der Waals surface area contributed by atoms with Gasteiger partial charge in [0.1, 0.15) is 6.10 Å². The second kappa shape index (κ2) is 5.89. The van der Waals surface area contributed by atoms with Crippen LogP contribution < -0.4 is 9.47 Å². The van der Waals surface area contributed by atoms with E-state index in [2.05, 4.69) is 6.58 Å². The van der Waals surface area contributed by atoms with Gasteiger partial charge in [0.15, 0.2) is 17.8 Å². The molecule has 0 amide bonds. The molecule has 0 spiro atoms. The number of epoxide rings is 1. The Morgan fingerprint density at radius 1 is 1.33 bits per heavy atom. The first kappa shape index (κ1) is 12.9. The van der Waals surface area contributed by atoms with Crippen LogP contribution in [0.25, 0.3) is 0 Å². The van der Waals surface area contributed by atoms with Crippen molar-refractivity contribution < 1.29 is 18.9 Å². The zero-order chi connectivity index (χ0) is 13.0. The van der Waals surface area contributed by atoms with Crippen LogP contribution in [0.4, 0.5) is 0 Å². The number of methoxy groups -OCH3 is 2. The summed E-state index contributed by atoms with van der Waals surface area (Å²) in [4.78, 5) is 0. The summed E-state index contributed by atoms with van der Waals surface area (Å²) < 4.78 is 21.4. The van der Waals surface area contributed by atoms with Crippen molar-refractivity contribution in [2.45, 2.75) is 18.8 Å². The lowest BCUT2D eigenvalue weighted by molar-refractivity contribution is 0.0950. The van der Waals surface area contributed by atoms with Gasteiger partial charge >= 0.3 is 0 Å². The minimum atomic E-state index is -0.137. The number of ether oxygens (including phenoxy) is 4. The van der Waals surface area contributed by atoms with Crippen LogP contribution in [0, 0.1) is 0 Å². The molecular formula is C14H18O4. The zero-order valence-corrected chi connectivity index (χ0v) is 10.7. The van der Waals surface area contributed by atoms with Gasteiger partial charge in [-0.3, -0.25) is 0 Å². The molecule has 0 N–H and O–H groups in total. The first-order valence-electron chi connectivity index (χ1n) is 5.90. The number of rotatable bonds is 7. The molecule has 0 bridgehead atoms. The van der Waals surface area contributed by atoms with Gasteiger partial charge in [-0.25, -0.2) is 0 Å². The third-order valence-electron chi connectivity index (χ3n) is 2.78. The summed E-state index contributed by atoms with van der Waals surface area (Å²) >= 11 is 0. The molecule has 0 radical (unpaired) electrons. The quantitative estimate of drug-likeness (QED) is 0.424. The van der Waals surface area contributed by atoms with Gasteiger partial charge in [0.2, 0.25) is 0 Å². The Hall–Kier alpha value is -1.52. The van der Waals surface area contributed by atoms with Crippen LogP contribution in [0.3, 0.4) is 0 Å². The third-order valence-corrected chi connectivity index (χ3v) is 2.78. The highest BCUT2D eigenvalue weighted by Gasteiger charge is 2.40. The summed E-state index contributed by atoms with van der Waals surface area (Å²) in [5, 5.41) is 0. The van der Waals surface area contributed by atoms with Crippen molar-refractivity contribution >= 4 is 0 Å². The SMILES string of the molecule is C=CCCOc1ccc(C2OC2OC)cc1OC. The lowest BCUT2D eigenvalue weighted by atomic mass is 10.1. The van der Waals surface area contributed by atoms with Crippen molar-refractivity contribution in [1.29, 1.82) is 0 Å². The van der Waals surface area contributed by atoms with Gasteiger partial charge in [0.05, 0.1) is 13.7 Å². The fraction of sp³-hybridized carbons (Fsp3) is 0.429. The number of hydrogen-bond acceptors (Lipinski definition) is 4. The molecule has 1 aliphatic heterocycles. The summed E-state index contributed by atoms with van der Waals surface area (Å²) in [6, 6.07) is 5.79. The molecule has 1 aromatic rings. The van der Waals surface area contributed by atoms with E-state index in [4.69, 9.17) is 18.9 Å². The minimum Gasteiger partial charge on any atom is -0.493 e. The Bertz CT molecular complexity index is 416. The molecule has 2 unspecified atom stereocenters. The van der Waals surface area contributed by atoms with Crippen LogP contribution in [-0.2, 0) is 9.47 Å². The van der Waals surface area contributed by atoms with E-state index < -0.39 is 0 Å². The van der Waals surface area contributed by atoms with Crippen molar-refractivity contribution in [3.05, 3.63) is 36.4 Å². The molecule has 1 heterocycles. The first-order valence-corrected chi connectivity index (χ1v) is 5.90. The van der Waals surface area contributed by atoms with Gasteiger partial charge in [-0.1, -0.05) is 12.1 Å². The fourth-order valence-electron chi connectivity index (χ4n) is 1.75. The van der Waals surface area contributed by atoms with Crippen LogP contribution >= 0.6 is 0 Å². The van der Waals surface area contributed by atoms with Gasteiger partial charge in [0, 0.05) is 7.11 Å². The number of hydrogen-bond donors (Lipinski definition) is 0. The molecule has 4 heteroatoms. The molecule has 4 nitrogen and oxygen atoms in total. The van der Waals surface area contributed by atoms with E-state index >= 15 is 0 Å². The second-order valence-corrected chi connectivity index (χ2v) is 4.00. The molecule has 18 heavy (non-hydrogen) atoms. The normalized spacial score (nSPS) is 21.4. The lowest BCUT2D eigenvalue weighted by Crippen LogP contribution is -1.99. The van der Waals surface area contributed by atoms with Crippen LogP contribution in [0.2, 0.25) is 0 Å². The van der Waals surface area contributed by atoms with Crippen molar-refractivity contribution in [1.82, 2.24) is 0 Å². The summed E-state index contributed by atoms with van der Waals surface area (Å²) in [5.74, 6) is 1.44. The van der Waals surface area contributed by atoms with E-state index in [0.29, 0.717) is 12.4 Å². The highest BCUT2D eigenvalue weighted by molar-refractivity contribution is 5.44. The third kappa shape index (κ3) is 2.83. The predicted molar refractivity (Wildman–Crippen MR) is 67.9 cm³/mol. The monoisotopic (exact) mass is 250 g/mol. The maximum atomic E-state index is 5.61. The number of benzene rings is 1. The smallest absolute Gasteiger partial charge is 0.188 e. The van der Waals surface area contributed by atoms with E-state index in [0.717, 1.165) is 17.7 Å². The summed E-state index contributed by atoms with van der Waals surface area (Å²) in [6.45, 7) is 4.25. The van der Waals surface area contributed by atoms with Gasteiger partial charge in [0.25, 0.3) is 0 Å². The Balaban J connectivity index is 2.06. The molecule has 98 valence electrons. The van der Waals surface area contributed by atoms with E-state index in [-0.39, 0.29) is 12.4 Å². The summed E-state index contributed by atoms with van der Waals surface area (Å²) in [7, 11) is 3.26. The zero-order valence-electron chi connectivity index (χ0n) is 10.7. The van der Waals surface area contributed by atoms with Crippen LogP contribution in [0.5, 0.6) is 11.5 Å². The maximum Gasteiger partial charge on any atom is 0.188 e. The molecule has 2 atom stereocenters. The Kier molecular flexibility index (Phi) is 4.23. The summed E-state index contributed by atoms with van der Waals surface area (Å²) in [6.07, 6.45) is 2.50. The Labute approximate surface area is 107 Å². The fourth-order valence-corrected chi connectivity index (χ4v) is 1.75. The average Bonchev–Trinajstić information content (AvgIpc) is 3.19. The minimum absolute atomic E-state index is 0.00567. The predicted octanol–water partition coefficient (Wildman–Crippen LogP) is 2.69. The van der Waals surface area contributed by atoms with Crippen molar-refractivity contribution in [2.24, 2.45) is 0 Å². The molecule has 0 aliphatic carbocycles. The van der Waals surface area contributed by atoms with E-state index in [9.17, 15) is 0 Å². The van der Waals surface area contributed by atoms with Gasteiger partial charge in [-0.15, -0.1) is 6.58 Å². The highest BCUT2D eigenvalue weighted by atomic mass is 16.8. The molecule has 1 fully saturated rings. The molecule has 0 aromatic heterocycles. The topological polar surface area (TPSA) is 40.2 Å². The average molecular weight is 250 g/mol. The van der Waals surface area contributed by atoms with E-state index in [1.165, 1.54) is 0 Å². The van der Waals surface area contributed by atoms with E-state index in [1.807, 2.05) is 24.3 Å². The van der Waals surface area contributed by atoms with Gasteiger partial charge < -0.3 is 18.9 Å². The molecule has 1 aromatic carbocycles. The molecule has 0 saturated carbocycles. The van der Waals surface area contributed by atoms with Gasteiger partial charge in [-0.2, -0.15) is 0 Å². The van der Waals surface area contributed by atoms with Crippen LogP contribution in [0.1, 0.15) is 18.1 Å². The molecule has 1 aliphatic rings.